The fraction of sp³-hybridized carbons (Fsp3) is 0.300. The van der Waals surface area contributed by atoms with Gasteiger partial charge in [-0.05, 0) is 41.3 Å². The van der Waals surface area contributed by atoms with E-state index in [9.17, 15) is 4.79 Å². The molecule has 0 spiro atoms. The first-order valence-electron chi connectivity index (χ1n) is 8.77. The van der Waals surface area contributed by atoms with Gasteiger partial charge in [-0.1, -0.05) is 31.5 Å². The number of benzene rings is 1. The Morgan fingerprint density at radius 1 is 1.18 bits per heavy atom. The summed E-state index contributed by atoms with van der Waals surface area (Å²) >= 11 is 5.84. The SMILES string of the molecule is CC(C)(CNC(=O)c1ccc(Cl)cc1)CNC(=NC#N)NCc1cccnc1. The van der Waals surface area contributed by atoms with Crippen molar-refractivity contribution in [1.29, 1.82) is 5.26 Å². The smallest absolute Gasteiger partial charge is 0.251 e. The molecule has 0 aliphatic heterocycles. The second-order valence-electron chi connectivity index (χ2n) is 6.98. The van der Waals surface area contributed by atoms with Crippen LogP contribution in [0.5, 0.6) is 0 Å². The summed E-state index contributed by atoms with van der Waals surface area (Å²) in [5.74, 6) is 0.216. The normalized spacial score (nSPS) is 11.4. The minimum absolute atomic E-state index is 0.162. The molecule has 0 aliphatic rings. The maximum atomic E-state index is 12.2. The maximum absolute atomic E-state index is 12.2. The lowest BCUT2D eigenvalue weighted by Crippen LogP contribution is -2.45. The van der Waals surface area contributed by atoms with Crippen LogP contribution in [-0.4, -0.2) is 29.9 Å². The molecule has 7 nitrogen and oxygen atoms in total. The number of pyridine rings is 1. The number of nitriles is 1. The Hall–Kier alpha value is -3.11. The monoisotopic (exact) mass is 398 g/mol. The molecule has 1 heterocycles. The topological polar surface area (TPSA) is 102 Å². The summed E-state index contributed by atoms with van der Waals surface area (Å²) in [7, 11) is 0. The number of amides is 1. The molecule has 0 bridgehead atoms. The fourth-order valence-corrected chi connectivity index (χ4v) is 2.41. The maximum Gasteiger partial charge on any atom is 0.251 e. The molecular weight excluding hydrogens is 376 g/mol. The molecule has 0 saturated carbocycles. The van der Waals surface area contributed by atoms with E-state index >= 15 is 0 Å². The predicted molar refractivity (Wildman–Crippen MR) is 110 cm³/mol. The number of rotatable bonds is 7. The summed E-state index contributed by atoms with van der Waals surface area (Å²) in [5, 5.41) is 18.6. The van der Waals surface area contributed by atoms with Gasteiger partial charge in [0, 0.05) is 42.6 Å². The minimum Gasteiger partial charge on any atom is -0.355 e. The third-order valence-electron chi connectivity index (χ3n) is 3.91. The average Bonchev–Trinajstić information content (AvgIpc) is 2.70. The lowest BCUT2D eigenvalue weighted by Gasteiger charge is -2.26. The molecule has 0 saturated heterocycles. The van der Waals surface area contributed by atoms with Crippen LogP contribution in [-0.2, 0) is 6.54 Å². The first kappa shape index (κ1) is 21.2. The molecule has 0 atom stereocenters. The standard InChI is InChI=1S/C20H23ClN6O/c1-20(2,12-25-18(28)16-5-7-17(21)8-6-16)13-26-19(27-14-22)24-11-15-4-3-9-23-10-15/h3-10H,11-13H2,1-2H3,(H,25,28)(H2,24,26,27). The van der Waals surface area contributed by atoms with Crippen LogP contribution in [0.2, 0.25) is 5.02 Å². The van der Waals surface area contributed by atoms with Crippen LogP contribution in [0.25, 0.3) is 0 Å². The van der Waals surface area contributed by atoms with Gasteiger partial charge in [0.15, 0.2) is 0 Å². The van der Waals surface area contributed by atoms with E-state index in [1.54, 1.807) is 42.9 Å². The number of hydrogen-bond donors (Lipinski definition) is 3. The molecule has 146 valence electrons. The van der Waals surface area contributed by atoms with Crippen molar-refractivity contribution in [2.75, 3.05) is 13.1 Å². The van der Waals surface area contributed by atoms with Crippen LogP contribution in [0.4, 0.5) is 0 Å². The van der Waals surface area contributed by atoms with Crippen molar-refractivity contribution in [2.45, 2.75) is 20.4 Å². The summed E-state index contributed by atoms with van der Waals surface area (Å²) in [4.78, 5) is 20.1. The number of guanidine groups is 1. The van der Waals surface area contributed by atoms with Gasteiger partial charge >= 0.3 is 0 Å². The highest BCUT2D eigenvalue weighted by Gasteiger charge is 2.20. The van der Waals surface area contributed by atoms with Gasteiger partial charge in [-0.2, -0.15) is 5.26 Å². The lowest BCUT2D eigenvalue weighted by atomic mass is 9.93. The van der Waals surface area contributed by atoms with Crippen molar-refractivity contribution in [3.63, 3.8) is 0 Å². The Bertz CT molecular complexity index is 843. The number of carbonyl (C=O) groups excluding carboxylic acids is 1. The lowest BCUT2D eigenvalue weighted by molar-refractivity contribution is 0.0937. The van der Waals surface area contributed by atoms with E-state index in [1.165, 1.54) is 0 Å². The molecule has 3 N–H and O–H groups in total. The van der Waals surface area contributed by atoms with Gasteiger partial charge in [0.1, 0.15) is 0 Å². The van der Waals surface area contributed by atoms with E-state index in [-0.39, 0.29) is 11.3 Å². The van der Waals surface area contributed by atoms with Crippen molar-refractivity contribution in [2.24, 2.45) is 10.4 Å². The number of carbonyl (C=O) groups is 1. The summed E-state index contributed by atoms with van der Waals surface area (Å²) in [6.45, 7) is 5.47. The zero-order valence-electron chi connectivity index (χ0n) is 15.9. The van der Waals surface area contributed by atoms with Gasteiger partial charge < -0.3 is 16.0 Å². The van der Waals surface area contributed by atoms with Crippen molar-refractivity contribution >= 4 is 23.5 Å². The Balaban J connectivity index is 1.83. The first-order valence-corrected chi connectivity index (χ1v) is 9.14. The van der Waals surface area contributed by atoms with Gasteiger partial charge in [0.05, 0.1) is 0 Å². The fourth-order valence-electron chi connectivity index (χ4n) is 2.29. The van der Waals surface area contributed by atoms with Gasteiger partial charge in [0.2, 0.25) is 12.2 Å². The Morgan fingerprint density at radius 3 is 2.54 bits per heavy atom. The number of nitrogens with one attached hydrogen (secondary N) is 3. The van der Waals surface area contributed by atoms with Gasteiger partial charge in [-0.3, -0.25) is 9.78 Å². The van der Waals surface area contributed by atoms with Crippen LogP contribution in [0, 0.1) is 16.9 Å². The van der Waals surface area contributed by atoms with Crippen molar-refractivity contribution in [3.8, 4) is 6.19 Å². The second-order valence-corrected chi connectivity index (χ2v) is 7.42. The Kier molecular flexibility index (Phi) is 7.78. The van der Waals surface area contributed by atoms with E-state index in [1.807, 2.05) is 26.0 Å². The summed E-state index contributed by atoms with van der Waals surface area (Å²) in [6.07, 6.45) is 5.23. The largest absolute Gasteiger partial charge is 0.355 e. The summed E-state index contributed by atoms with van der Waals surface area (Å²) in [6, 6.07) is 10.5. The second kappa shape index (κ2) is 10.3. The summed E-state index contributed by atoms with van der Waals surface area (Å²) in [5.41, 5.74) is 1.26. The van der Waals surface area contributed by atoms with Gasteiger partial charge in [-0.15, -0.1) is 4.99 Å². The van der Waals surface area contributed by atoms with E-state index in [0.717, 1.165) is 5.56 Å². The van der Waals surface area contributed by atoms with Crippen LogP contribution >= 0.6 is 11.6 Å². The number of halogens is 1. The molecule has 0 aliphatic carbocycles. The van der Waals surface area contributed by atoms with E-state index in [2.05, 4.69) is 25.9 Å². The minimum atomic E-state index is -0.270. The highest BCUT2D eigenvalue weighted by atomic mass is 35.5. The van der Waals surface area contributed by atoms with Crippen molar-refractivity contribution in [3.05, 3.63) is 64.9 Å². The zero-order chi connectivity index (χ0) is 20.4. The molecule has 0 fully saturated rings. The molecule has 0 unspecified atom stereocenters. The van der Waals surface area contributed by atoms with Crippen molar-refractivity contribution < 1.29 is 4.79 Å². The Morgan fingerprint density at radius 2 is 1.89 bits per heavy atom. The van der Waals surface area contributed by atoms with E-state index in [4.69, 9.17) is 16.9 Å². The number of aliphatic imine (C=N–C) groups is 1. The highest BCUT2D eigenvalue weighted by Crippen LogP contribution is 2.13. The zero-order valence-corrected chi connectivity index (χ0v) is 16.6. The van der Waals surface area contributed by atoms with Crippen LogP contribution in [0.1, 0.15) is 29.8 Å². The third-order valence-corrected chi connectivity index (χ3v) is 4.16. The quantitative estimate of drug-likeness (QED) is 0.378. The van der Waals surface area contributed by atoms with E-state index < -0.39 is 0 Å². The third kappa shape index (κ3) is 7.25. The summed E-state index contributed by atoms with van der Waals surface area (Å²) < 4.78 is 0. The van der Waals surface area contributed by atoms with Crippen molar-refractivity contribution in [1.82, 2.24) is 20.9 Å². The van der Waals surface area contributed by atoms with E-state index in [0.29, 0.717) is 36.2 Å². The molecule has 1 amide bonds. The van der Waals surface area contributed by atoms with Crippen LogP contribution in [0.15, 0.2) is 53.8 Å². The molecule has 2 aromatic rings. The Labute approximate surface area is 169 Å². The van der Waals surface area contributed by atoms with Crippen LogP contribution < -0.4 is 16.0 Å². The average molecular weight is 399 g/mol. The number of aromatic nitrogens is 1. The van der Waals surface area contributed by atoms with Gasteiger partial charge in [0.25, 0.3) is 5.91 Å². The first-order chi connectivity index (χ1) is 13.4. The molecule has 2 rings (SSSR count). The highest BCUT2D eigenvalue weighted by molar-refractivity contribution is 6.30. The molecule has 28 heavy (non-hydrogen) atoms. The molecule has 0 radical (unpaired) electrons. The van der Waals surface area contributed by atoms with Gasteiger partial charge in [-0.25, -0.2) is 0 Å². The number of nitrogens with zero attached hydrogens (tertiary/aromatic N) is 3. The number of hydrogen-bond acceptors (Lipinski definition) is 4. The van der Waals surface area contributed by atoms with Crippen LogP contribution in [0.3, 0.4) is 0 Å². The molecule has 1 aromatic heterocycles. The predicted octanol–water partition coefficient (Wildman–Crippen LogP) is 2.71. The molecule has 1 aromatic carbocycles. The molecule has 8 heteroatoms. The molecular formula is C20H23ClN6O.